The Morgan fingerprint density at radius 1 is 1.10 bits per heavy atom. The summed E-state index contributed by atoms with van der Waals surface area (Å²) in [6, 6.07) is 15.9. The molecule has 0 atom stereocenters. The van der Waals surface area contributed by atoms with Gasteiger partial charge >= 0.3 is 5.97 Å². The predicted molar refractivity (Wildman–Crippen MR) is 124 cm³/mol. The van der Waals surface area contributed by atoms with E-state index in [1.807, 2.05) is 41.8 Å². The zero-order valence-electron chi connectivity index (χ0n) is 15.7. The van der Waals surface area contributed by atoms with E-state index in [4.69, 9.17) is 16.7 Å². The molecule has 0 unspecified atom stereocenters. The maximum Gasteiger partial charge on any atom is 0.335 e. The Bertz CT molecular complexity index is 1180. The van der Waals surface area contributed by atoms with Crippen molar-refractivity contribution >= 4 is 63.5 Å². The molecule has 4 rings (SSSR count). The minimum absolute atomic E-state index is 0.123. The highest BCUT2D eigenvalue weighted by atomic mass is 35.5. The predicted octanol–water partition coefficient (Wildman–Crippen LogP) is 6.00. The maximum absolute atomic E-state index is 12.6. The Hall–Kier alpha value is -2.87. The topological polar surface area (TPSA) is 70.0 Å². The number of benzene rings is 2. The summed E-state index contributed by atoms with van der Waals surface area (Å²) in [4.78, 5) is 31.1. The Morgan fingerprint density at radius 2 is 1.80 bits per heavy atom. The van der Waals surface area contributed by atoms with Crippen LogP contribution in [0.5, 0.6) is 0 Å². The molecule has 1 N–H and O–H groups in total. The molecule has 0 saturated carbocycles. The summed E-state index contributed by atoms with van der Waals surface area (Å²) in [5.41, 5.74) is 2.91. The van der Waals surface area contributed by atoms with Gasteiger partial charge in [0, 0.05) is 16.9 Å². The van der Waals surface area contributed by atoms with Crippen LogP contribution in [0.2, 0.25) is 5.02 Å². The lowest BCUT2D eigenvalue weighted by molar-refractivity contribution is -0.121. The van der Waals surface area contributed by atoms with Crippen LogP contribution >= 0.6 is 34.7 Å². The summed E-state index contributed by atoms with van der Waals surface area (Å²) in [6.07, 6.45) is 1.86. The average Bonchev–Trinajstić information content (AvgIpc) is 3.30. The Kier molecular flexibility index (Phi) is 5.76. The van der Waals surface area contributed by atoms with Crippen molar-refractivity contribution in [3.63, 3.8) is 0 Å². The number of hydrogen-bond acceptors (Lipinski definition) is 5. The summed E-state index contributed by atoms with van der Waals surface area (Å²) in [7, 11) is 1.67. The van der Waals surface area contributed by atoms with E-state index in [9.17, 15) is 9.59 Å². The van der Waals surface area contributed by atoms with E-state index in [2.05, 4.69) is 4.99 Å². The molecule has 0 spiro atoms. The summed E-state index contributed by atoms with van der Waals surface area (Å²) in [5.74, 6) is -1.11. The van der Waals surface area contributed by atoms with Crippen molar-refractivity contribution in [1.82, 2.24) is 4.90 Å². The lowest BCUT2D eigenvalue weighted by atomic mass is 10.1. The number of thioether (sulfide) groups is 1. The lowest BCUT2D eigenvalue weighted by Gasteiger charge is -2.07. The van der Waals surface area contributed by atoms with E-state index in [1.165, 1.54) is 28.8 Å². The van der Waals surface area contributed by atoms with Gasteiger partial charge in [-0.2, -0.15) is 0 Å². The van der Waals surface area contributed by atoms with Crippen LogP contribution in [-0.4, -0.2) is 34.1 Å². The number of likely N-dealkylation sites (N-methyl/N-ethyl adjacent to an activating group) is 1. The Balaban J connectivity index is 1.55. The normalized spacial score (nSPS) is 16.6. The largest absolute Gasteiger partial charge is 0.478 e. The number of carbonyl (C=O) groups excluding carboxylic acids is 1. The number of carbonyl (C=O) groups is 2. The first kappa shape index (κ1) is 20.4. The molecular weight excluding hydrogens is 440 g/mol. The van der Waals surface area contributed by atoms with E-state index >= 15 is 0 Å². The van der Waals surface area contributed by atoms with Crippen LogP contribution in [0.1, 0.15) is 15.2 Å². The van der Waals surface area contributed by atoms with Gasteiger partial charge in [0.15, 0.2) is 5.17 Å². The molecule has 30 heavy (non-hydrogen) atoms. The molecule has 2 heterocycles. The third kappa shape index (κ3) is 4.33. The third-order valence-corrected chi connectivity index (χ3v) is 6.60. The Morgan fingerprint density at radius 3 is 2.47 bits per heavy atom. The molecule has 1 aliphatic heterocycles. The molecule has 1 amide bonds. The molecule has 1 saturated heterocycles. The van der Waals surface area contributed by atoms with Crippen LogP contribution in [0.25, 0.3) is 17.2 Å². The molecule has 0 aliphatic carbocycles. The quantitative estimate of drug-likeness (QED) is 0.491. The SMILES string of the molecule is CN1C(=O)/C(=C/c2cc(-c3ccc(Cl)cc3)cs2)S/C1=N/c1ccc(C(=O)O)cc1. The van der Waals surface area contributed by atoms with E-state index in [-0.39, 0.29) is 11.5 Å². The first-order valence-corrected chi connectivity index (χ1v) is 10.9. The van der Waals surface area contributed by atoms with Gasteiger partial charge in [0.25, 0.3) is 5.91 Å². The fourth-order valence-corrected chi connectivity index (χ4v) is 4.82. The number of aliphatic imine (C=N–C) groups is 1. The zero-order chi connectivity index (χ0) is 21.3. The van der Waals surface area contributed by atoms with Crippen LogP contribution in [0.3, 0.4) is 0 Å². The molecular formula is C22H15ClN2O3S2. The number of carboxylic acid groups (broad SMARTS) is 1. The number of halogens is 1. The minimum atomic E-state index is -0.990. The lowest BCUT2D eigenvalue weighted by Crippen LogP contribution is -2.23. The van der Waals surface area contributed by atoms with E-state index in [1.54, 1.807) is 30.5 Å². The van der Waals surface area contributed by atoms with Gasteiger partial charge in [-0.05, 0) is 76.8 Å². The van der Waals surface area contributed by atoms with Gasteiger partial charge in [-0.3, -0.25) is 9.69 Å². The van der Waals surface area contributed by atoms with E-state index < -0.39 is 5.97 Å². The van der Waals surface area contributed by atoms with Crippen molar-refractivity contribution in [1.29, 1.82) is 0 Å². The van der Waals surface area contributed by atoms with Crippen molar-refractivity contribution in [2.24, 2.45) is 4.99 Å². The van der Waals surface area contributed by atoms with Crippen molar-refractivity contribution in [3.8, 4) is 11.1 Å². The van der Waals surface area contributed by atoms with Gasteiger partial charge in [0.05, 0.1) is 16.2 Å². The molecule has 1 aromatic heterocycles. The van der Waals surface area contributed by atoms with Crippen molar-refractivity contribution in [2.75, 3.05) is 7.05 Å². The number of thiophene rings is 1. The third-order valence-electron chi connectivity index (χ3n) is 4.41. The maximum atomic E-state index is 12.6. The van der Waals surface area contributed by atoms with Gasteiger partial charge in [-0.1, -0.05) is 23.7 Å². The summed E-state index contributed by atoms with van der Waals surface area (Å²) in [6.45, 7) is 0. The van der Waals surface area contributed by atoms with Crippen LogP contribution < -0.4 is 0 Å². The molecule has 150 valence electrons. The number of nitrogens with zero attached hydrogens (tertiary/aromatic N) is 2. The van der Waals surface area contributed by atoms with Gasteiger partial charge < -0.3 is 5.11 Å². The average molecular weight is 455 g/mol. The molecule has 3 aromatic rings. The van der Waals surface area contributed by atoms with Gasteiger partial charge in [-0.15, -0.1) is 11.3 Å². The molecule has 8 heteroatoms. The number of aromatic carboxylic acids is 1. The highest BCUT2D eigenvalue weighted by molar-refractivity contribution is 8.18. The van der Waals surface area contributed by atoms with E-state index in [0.29, 0.717) is 20.8 Å². The molecule has 1 fully saturated rings. The number of rotatable bonds is 4. The summed E-state index contributed by atoms with van der Waals surface area (Å²) < 4.78 is 0. The fraction of sp³-hybridized carbons (Fsp3) is 0.0455. The highest BCUT2D eigenvalue weighted by Crippen LogP contribution is 2.35. The number of hydrogen-bond donors (Lipinski definition) is 1. The van der Waals surface area contributed by atoms with Gasteiger partial charge in [0.2, 0.25) is 0 Å². The van der Waals surface area contributed by atoms with Crippen molar-refractivity contribution in [3.05, 3.63) is 80.3 Å². The number of amidine groups is 1. The zero-order valence-corrected chi connectivity index (χ0v) is 18.1. The second-order valence-electron chi connectivity index (χ2n) is 6.47. The first-order valence-electron chi connectivity index (χ1n) is 8.85. The molecule has 0 bridgehead atoms. The van der Waals surface area contributed by atoms with E-state index in [0.717, 1.165) is 16.0 Å². The Labute approximate surface area is 186 Å². The molecule has 0 radical (unpaired) electrons. The summed E-state index contributed by atoms with van der Waals surface area (Å²) >= 11 is 8.81. The number of amides is 1. The van der Waals surface area contributed by atoms with Crippen LogP contribution in [-0.2, 0) is 4.79 Å². The minimum Gasteiger partial charge on any atom is -0.478 e. The van der Waals surface area contributed by atoms with Gasteiger partial charge in [0.1, 0.15) is 0 Å². The van der Waals surface area contributed by atoms with Gasteiger partial charge in [-0.25, -0.2) is 9.79 Å². The standard InChI is InChI=1S/C22H15ClN2O3S2/c1-25-20(26)19(30-22(25)24-17-8-4-14(5-9-17)21(27)28)11-18-10-15(12-29-18)13-2-6-16(23)7-3-13/h2-12H,1H3,(H,27,28)/b19-11-,24-22+. The van der Waals surface area contributed by atoms with Crippen LogP contribution in [0, 0.1) is 0 Å². The van der Waals surface area contributed by atoms with Crippen molar-refractivity contribution < 1.29 is 14.7 Å². The highest BCUT2D eigenvalue weighted by Gasteiger charge is 2.30. The monoisotopic (exact) mass is 454 g/mol. The second-order valence-corrected chi connectivity index (χ2v) is 8.85. The fourth-order valence-electron chi connectivity index (χ4n) is 2.79. The first-order chi connectivity index (χ1) is 14.4. The van der Waals surface area contributed by atoms with Crippen LogP contribution in [0.4, 0.5) is 5.69 Å². The smallest absolute Gasteiger partial charge is 0.335 e. The second kappa shape index (κ2) is 8.47. The molecule has 2 aromatic carbocycles. The summed E-state index contributed by atoms with van der Waals surface area (Å²) in [5, 5.41) is 12.3. The van der Waals surface area contributed by atoms with Crippen molar-refractivity contribution in [2.45, 2.75) is 0 Å². The molecule has 5 nitrogen and oxygen atoms in total. The number of carboxylic acids is 1. The van der Waals surface area contributed by atoms with Crippen LogP contribution in [0.15, 0.2) is 69.9 Å². The molecule has 1 aliphatic rings.